The molecule has 1 aromatic carbocycles. The van der Waals surface area contributed by atoms with E-state index in [9.17, 15) is 8.42 Å². The standard InChI is InChI=1S/C13H22N2O4S/c1-10(9-14)20(16,17)15-7-6-11-4-5-12(18-2)13(8-11)19-3/h4-5,8,10,15H,6-7,9,14H2,1-3H3. The minimum absolute atomic E-state index is 0.103. The fraction of sp³-hybridized carbons (Fsp3) is 0.538. The molecule has 0 aliphatic carbocycles. The van der Waals surface area contributed by atoms with Gasteiger partial charge < -0.3 is 15.2 Å². The molecule has 0 spiro atoms. The molecule has 0 amide bonds. The number of ether oxygens (including phenoxy) is 2. The number of hydrogen-bond donors (Lipinski definition) is 2. The van der Waals surface area contributed by atoms with E-state index >= 15 is 0 Å². The van der Waals surface area contributed by atoms with Gasteiger partial charge in [0.1, 0.15) is 0 Å². The van der Waals surface area contributed by atoms with Crippen molar-refractivity contribution in [2.24, 2.45) is 5.73 Å². The lowest BCUT2D eigenvalue weighted by atomic mass is 10.1. The van der Waals surface area contributed by atoms with E-state index in [2.05, 4.69) is 4.72 Å². The molecule has 0 saturated carbocycles. The normalized spacial score (nSPS) is 13.0. The topological polar surface area (TPSA) is 90.7 Å². The van der Waals surface area contributed by atoms with Gasteiger partial charge in [0, 0.05) is 13.1 Å². The van der Waals surface area contributed by atoms with Gasteiger partial charge in [-0.1, -0.05) is 6.07 Å². The van der Waals surface area contributed by atoms with Gasteiger partial charge in [-0.15, -0.1) is 0 Å². The molecule has 1 aromatic rings. The summed E-state index contributed by atoms with van der Waals surface area (Å²) >= 11 is 0. The maximum atomic E-state index is 11.7. The average molecular weight is 302 g/mol. The fourth-order valence-corrected chi connectivity index (χ4v) is 2.57. The van der Waals surface area contributed by atoms with Crippen molar-refractivity contribution >= 4 is 10.0 Å². The molecule has 7 heteroatoms. The van der Waals surface area contributed by atoms with E-state index < -0.39 is 15.3 Å². The largest absolute Gasteiger partial charge is 0.493 e. The Bertz CT molecular complexity index is 531. The average Bonchev–Trinajstić information content (AvgIpc) is 2.45. The Morgan fingerprint density at radius 1 is 1.25 bits per heavy atom. The molecule has 0 fully saturated rings. The summed E-state index contributed by atoms with van der Waals surface area (Å²) in [5.41, 5.74) is 6.32. The number of benzene rings is 1. The third-order valence-corrected chi connectivity index (χ3v) is 4.88. The molecule has 114 valence electrons. The van der Waals surface area contributed by atoms with Gasteiger partial charge in [-0.3, -0.25) is 0 Å². The van der Waals surface area contributed by atoms with E-state index in [4.69, 9.17) is 15.2 Å². The molecule has 0 aliphatic rings. The van der Waals surface area contributed by atoms with Crippen LogP contribution in [0, 0.1) is 0 Å². The quantitative estimate of drug-likeness (QED) is 0.730. The molecular weight excluding hydrogens is 280 g/mol. The molecule has 1 rings (SSSR count). The number of methoxy groups -OCH3 is 2. The van der Waals surface area contributed by atoms with Crippen LogP contribution in [0.5, 0.6) is 11.5 Å². The molecule has 0 aromatic heterocycles. The summed E-state index contributed by atoms with van der Waals surface area (Å²) in [6, 6.07) is 5.51. The van der Waals surface area contributed by atoms with Crippen LogP contribution in [0.25, 0.3) is 0 Å². The Kier molecular flexibility index (Phi) is 6.25. The van der Waals surface area contributed by atoms with E-state index in [1.165, 1.54) is 0 Å². The van der Waals surface area contributed by atoms with Crippen molar-refractivity contribution < 1.29 is 17.9 Å². The summed E-state index contributed by atoms with van der Waals surface area (Å²) in [5, 5.41) is -0.590. The molecular formula is C13H22N2O4S. The van der Waals surface area contributed by atoms with Gasteiger partial charge in [-0.25, -0.2) is 13.1 Å². The molecule has 1 unspecified atom stereocenters. The van der Waals surface area contributed by atoms with E-state index in [0.717, 1.165) is 5.56 Å². The molecule has 1 atom stereocenters. The predicted octanol–water partition coefficient (Wildman–Crippen LogP) is 0.513. The number of nitrogens with two attached hydrogens (primary N) is 1. The zero-order valence-corrected chi connectivity index (χ0v) is 12.9. The van der Waals surface area contributed by atoms with Crippen LogP contribution >= 0.6 is 0 Å². The van der Waals surface area contributed by atoms with E-state index in [-0.39, 0.29) is 6.54 Å². The van der Waals surface area contributed by atoms with Crippen molar-refractivity contribution in [3.63, 3.8) is 0 Å². The number of nitrogens with one attached hydrogen (secondary N) is 1. The number of sulfonamides is 1. The van der Waals surface area contributed by atoms with E-state index in [0.29, 0.717) is 24.5 Å². The zero-order valence-electron chi connectivity index (χ0n) is 12.0. The van der Waals surface area contributed by atoms with Crippen molar-refractivity contribution in [1.82, 2.24) is 4.72 Å². The first-order chi connectivity index (χ1) is 9.44. The molecule has 20 heavy (non-hydrogen) atoms. The SMILES string of the molecule is COc1ccc(CCNS(=O)(=O)C(C)CN)cc1OC. The first-order valence-corrected chi connectivity index (χ1v) is 7.88. The minimum atomic E-state index is -3.34. The lowest BCUT2D eigenvalue weighted by Gasteiger charge is -2.12. The second-order valence-electron chi connectivity index (χ2n) is 4.43. The maximum absolute atomic E-state index is 11.7. The molecule has 0 aliphatic heterocycles. The van der Waals surface area contributed by atoms with Gasteiger partial charge in [-0.05, 0) is 31.0 Å². The summed E-state index contributed by atoms with van der Waals surface area (Å²) in [5.74, 6) is 1.27. The molecule has 6 nitrogen and oxygen atoms in total. The van der Waals surface area contributed by atoms with Crippen LogP contribution in [0.4, 0.5) is 0 Å². The van der Waals surface area contributed by atoms with Crippen molar-refractivity contribution in [1.29, 1.82) is 0 Å². The summed E-state index contributed by atoms with van der Waals surface area (Å²) in [4.78, 5) is 0. The summed E-state index contributed by atoms with van der Waals surface area (Å²) < 4.78 is 36.4. The molecule has 0 saturated heterocycles. The Balaban J connectivity index is 2.63. The van der Waals surface area contributed by atoms with Crippen LogP contribution in [-0.2, 0) is 16.4 Å². The van der Waals surface area contributed by atoms with Gasteiger partial charge in [0.05, 0.1) is 19.5 Å². The van der Waals surface area contributed by atoms with Gasteiger partial charge in [-0.2, -0.15) is 0 Å². The Labute approximate surface area is 120 Å². The molecule has 3 N–H and O–H groups in total. The lowest BCUT2D eigenvalue weighted by Crippen LogP contribution is -2.37. The smallest absolute Gasteiger partial charge is 0.215 e. The van der Waals surface area contributed by atoms with Crippen LogP contribution in [0.2, 0.25) is 0 Å². The number of rotatable bonds is 8. The zero-order chi connectivity index (χ0) is 15.2. The van der Waals surface area contributed by atoms with Crippen molar-refractivity contribution in [3.05, 3.63) is 23.8 Å². The van der Waals surface area contributed by atoms with Crippen molar-refractivity contribution in [2.75, 3.05) is 27.3 Å². The lowest BCUT2D eigenvalue weighted by molar-refractivity contribution is 0.354. The Morgan fingerprint density at radius 3 is 2.45 bits per heavy atom. The summed E-state index contributed by atoms with van der Waals surface area (Å²) in [6.45, 7) is 2.01. The van der Waals surface area contributed by atoms with Crippen LogP contribution < -0.4 is 19.9 Å². The Hall–Kier alpha value is -1.31. The van der Waals surface area contributed by atoms with Crippen molar-refractivity contribution in [2.45, 2.75) is 18.6 Å². The summed E-state index contributed by atoms with van der Waals surface area (Å²) in [7, 11) is -0.208. The van der Waals surface area contributed by atoms with Crippen LogP contribution in [0.3, 0.4) is 0 Å². The maximum Gasteiger partial charge on any atom is 0.215 e. The second kappa shape index (κ2) is 7.47. The van der Waals surface area contributed by atoms with Gasteiger partial charge in [0.25, 0.3) is 0 Å². The highest BCUT2D eigenvalue weighted by Gasteiger charge is 2.18. The number of hydrogen-bond acceptors (Lipinski definition) is 5. The van der Waals surface area contributed by atoms with E-state index in [1.54, 1.807) is 27.2 Å². The Morgan fingerprint density at radius 2 is 1.90 bits per heavy atom. The highest BCUT2D eigenvalue weighted by molar-refractivity contribution is 7.90. The van der Waals surface area contributed by atoms with Crippen LogP contribution in [0.15, 0.2) is 18.2 Å². The van der Waals surface area contributed by atoms with Gasteiger partial charge in [0.15, 0.2) is 11.5 Å². The monoisotopic (exact) mass is 302 g/mol. The van der Waals surface area contributed by atoms with Gasteiger partial charge >= 0.3 is 0 Å². The third-order valence-electron chi connectivity index (χ3n) is 3.03. The van der Waals surface area contributed by atoms with Crippen LogP contribution in [0.1, 0.15) is 12.5 Å². The molecule has 0 heterocycles. The molecule has 0 radical (unpaired) electrons. The minimum Gasteiger partial charge on any atom is -0.493 e. The van der Waals surface area contributed by atoms with Gasteiger partial charge in [0.2, 0.25) is 10.0 Å². The predicted molar refractivity (Wildman–Crippen MR) is 78.7 cm³/mol. The highest BCUT2D eigenvalue weighted by Crippen LogP contribution is 2.27. The van der Waals surface area contributed by atoms with Crippen LogP contribution in [-0.4, -0.2) is 41.0 Å². The molecule has 0 bridgehead atoms. The fourth-order valence-electron chi connectivity index (χ4n) is 1.64. The third kappa shape index (κ3) is 4.36. The second-order valence-corrected chi connectivity index (χ2v) is 6.61. The van der Waals surface area contributed by atoms with E-state index in [1.807, 2.05) is 12.1 Å². The first kappa shape index (κ1) is 16.7. The van der Waals surface area contributed by atoms with Crippen molar-refractivity contribution in [3.8, 4) is 11.5 Å². The first-order valence-electron chi connectivity index (χ1n) is 6.34. The highest BCUT2D eigenvalue weighted by atomic mass is 32.2. The summed E-state index contributed by atoms with van der Waals surface area (Å²) in [6.07, 6.45) is 0.566.